The number of methoxy groups -OCH3 is 1. The SMILES string of the molecule is COc1ccc(C(=O)NNC(=S)NC(=O)c2ccccc2[N+](=O)[O-])cc1Br. The third kappa shape index (κ3) is 5.21. The summed E-state index contributed by atoms with van der Waals surface area (Å²) in [6.45, 7) is 0. The average molecular weight is 453 g/mol. The number of rotatable bonds is 4. The molecule has 0 radical (unpaired) electrons. The highest BCUT2D eigenvalue weighted by Gasteiger charge is 2.20. The number of hydrazine groups is 1. The lowest BCUT2D eigenvalue weighted by molar-refractivity contribution is -0.385. The summed E-state index contributed by atoms with van der Waals surface area (Å²) in [5, 5.41) is 13.0. The van der Waals surface area contributed by atoms with Crippen molar-refractivity contribution in [3.05, 3.63) is 68.2 Å². The molecule has 3 N–H and O–H groups in total. The van der Waals surface area contributed by atoms with E-state index in [-0.39, 0.29) is 16.4 Å². The summed E-state index contributed by atoms with van der Waals surface area (Å²) in [6, 6.07) is 10.1. The number of nitro groups is 1. The Hall–Kier alpha value is -3.05. The van der Waals surface area contributed by atoms with Gasteiger partial charge in [0.1, 0.15) is 11.3 Å². The third-order valence-corrected chi connectivity index (χ3v) is 4.10. The van der Waals surface area contributed by atoms with Crippen molar-refractivity contribution in [2.75, 3.05) is 7.11 Å². The van der Waals surface area contributed by atoms with Crippen molar-refractivity contribution in [3.8, 4) is 5.75 Å². The van der Waals surface area contributed by atoms with Crippen LogP contribution < -0.4 is 20.9 Å². The molecule has 27 heavy (non-hydrogen) atoms. The van der Waals surface area contributed by atoms with Gasteiger partial charge in [0.25, 0.3) is 17.5 Å². The van der Waals surface area contributed by atoms with Crippen LogP contribution >= 0.6 is 28.1 Å². The van der Waals surface area contributed by atoms with E-state index in [0.717, 1.165) is 0 Å². The molecule has 0 aliphatic carbocycles. The molecule has 9 nitrogen and oxygen atoms in total. The molecule has 0 saturated heterocycles. The number of thiocarbonyl (C=S) groups is 1. The molecule has 2 rings (SSSR count). The van der Waals surface area contributed by atoms with E-state index in [2.05, 4.69) is 32.1 Å². The van der Waals surface area contributed by atoms with Crippen molar-refractivity contribution < 1.29 is 19.2 Å². The molecule has 0 aliphatic rings. The van der Waals surface area contributed by atoms with Crippen LogP contribution in [0.5, 0.6) is 5.75 Å². The van der Waals surface area contributed by atoms with E-state index >= 15 is 0 Å². The number of nitrogens with one attached hydrogen (secondary N) is 3. The minimum absolute atomic E-state index is 0.155. The number of carbonyl (C=O) groups is 2. The topological polar surface area (TPSA) is 123 Å². The molecule has 2 aromatic carbocycles. The van der Waals surface area contributed by atoms with E-state index in [1.54, 1.807) is 12.1 Å². The van der Waals surface area contributed by atoms with Crippen LogP contribution in [-0.2, 0) is 0 Å². The molecule has 0 unspecified atom stereocenters. The smallest absolute Gasteiger partial charge is 0.282 e. The molecule has 0 atom stereocenters. The van der Waals surface area contributed by atoms with Crippen LogP contribution in [-0.4, -0.2) is 29.0 Å². The first-order valence-corrected chi connectivity index (χ1v) is 8.52. The van der Waals surface area contributed by atoms with Gasteiger partial charge in [-0.25, -0.2) is 0 Å². The molecule has 0 aromatic heterocycles. The number of hydrogen-bond acceptors (Lipinski definition) is 6. The highest BCUT2D eigenvalue weighted by Crippen LogP contribution is 2.25. The van der Waals surface area contributed by atoms with Crippen molar-refractivity contribution in [2.45, 2.75) is 0 Å². The van der Waals surface area contributed by atoms with Crippen LogP contribution in [0.1, 0.15) is 20.7 Å². The minimum atomic E-state index is -0.777. The second-order valence-electron chi connectivity index (χ2n) is 4.99. The highest BCUT2D eigenvalue weighted by molar-refractivity contribution is 9.10. The Morgan fingerprint density at radius 1 is 1.15 bits per heavy atom. The number of halogens is 1. The standard InChI is InChI=1S/C16H13BrN4O5S/c1-26-13-7-6-9(8-11(13)17)14(22)19-20-16(27)18-15(23)10-4-2-3-5-12(10)21(24)25/h2-8H,1H3,(H,19,22)(H2,18,20,23,27). The van der Waals surface area contributed by atoms with E-state index in [4.69, 9.17) is 17.0 Å². The maximum atomic E-state index is 12.1. The predicted molar refractivity (Wildman–Crippen MR) is 104 cm³/mol. The Labute approximate surface area is 167 Å². The Balaban J connectivity index is 1.96. The first-order valence-electron chi connectivity index (χ1n) is 7.32. The monoisotopic (exact) mass is 452 g/mol. The molecular weight excluding hydrogens is 440 g/mol. The van der Waals surface area contributed by atoms with Gasteiger partial charge in [-0.3, -0.25) is 35.9 Å². The fourth-order valence-electron chi connectivity index (χ4n) is 2.02. The lowest BCUT2D eigenvalue weighted by Crippen LogP contribution is -2.48. The Bertz CT molecular complexity index is 921. The van der Waals surface area contributed by atoms with Gasteiger partial charge in [-0.1, -0.05) is 12.1 Å². The molecule has 2 aromatic rings. The lowest BCUT2D eigenvalue weighted by atomic mass is 10.1. The quantitative estimate of drug-likeness (QED) is 0.369. The number of nitrogens with zero attached hydrogens (tertiary/aromatic N) is 1. The molecule has 2 amide bonds. The van der Waals surface area contributed by atoms with Gasteiger partial charge in [-0.2, -0.15) is 0 Å². The highest BCUT2D eigenvalue weighted by atomic mass is 79.9. The molecule has 0 bridgehead atoms. The van der Waals surface area contributed by atoms with Crippen LogP contribution in [0.15, 0.2) is 46.9 Å². The Morgan fingerprint density at radius 2 is 1.85 bits per heavy atom. The van der Waals surface area contributed by atoms with Crippen molar-refractivity contribution in [1.29, 1.82) is 0 Å². The summed E-state index contributed by atoms with van der Waals surface area (Å²) >= 11 is 8.19. The zero-order chi connectivity index (χ0) is 20.0. The molecule has 140 valence electrons. The summed E-state index contributed by atoms with van der Waals surface area (Å²) in [5.41, 5.74) is 4.48. The first kappa shape index (κ1) is 20.3. The second kappa shape index (κ2) is 9.05. The molecule has 0 heterocycles. The number of carbonyl (C=O) groups excluding carboxylic acids is 2. The molecule has 0 saturated carbocycles. The van der Waals surface area contributed by atoms with Gasteiger partial charge < -0.3 is 4.74 Å². The van der Waals surface area contributed by atoms with Gasteiger partial charge in [0.05, 0.1) is 16.5 Å². The van der Waals surface area contributed by atoms with Crippen LogP contribution in [0, 0.1) is 10.1 Å². The van der Waals surface area contributed by atoms with E-state index in [9.17, 15) is 19.7 Å². The Kier molecular flexibility index (Phi) is 6.79. The summed E-state index contributed by atoms with van der Waals surface area (Å²) in [5.74, 6) is -0.728. The number of ether oxygens (including phenoxy) is 1. The van der Waals surface area contributed by atoms with Gasteiger partial charge in [-0.15, -0.1) is 0 Å². The lowest BCUT2D eigenvalue weighted by Gasteiger charge is -2.11. The molecule has 0 spiro atoms. The van der Waals surface area contributed by atoms with Crippen LogP contribution in [0.3, 0.4) is 0 Å². The maximum absolute atomic E-state index is 12.1. The van der Waals surface area contributed by atoms with Gasteiger partial charge in [0.15, 0.2) is 5.11 Å². The summed E-state index contributed by atoms with van der Waals surface area (Å²) in [6.07, 6.45) is 0. The van der Waals surface area contributed by atoms with E-state index in [0.29, 0.717) is 15.8 Å². The van der Waals surface area contributed by atoms with Gasteiger partial charge in [-0.05, 0) is 52.4 Å². The fraction of sp³-hybridized carbons (Fsp3) is 0.0625. The van der Waals surface area contributed by atoms with Crippen molar-refractivity contribution in [3.63, 3.8) is 0 Å². The number of nitro benzene ring substituents is 1. The van der Waals surface area contributed by atoms with Crippen molar-refractivity contribution in [2.24, 2.45) is 0 Å². The molecule has 0 fully saturated rings. The van der Waals surface area contributed by atoms with Crippen LogP contribution in [0.2, 0.25) is 0 Å². The van der Waals surface area contributed by atoms with Gasteiger partial charge >= 0.3 is 0 Å². The molecule has 0 aliphatic heterocycles. The van der Waals surface area contributed by atoms with Crippen molar-refractivity contribution >= 4 is 50.8 Å². The minimum Gasteiger partial charge on any atom is -0.496 e. The summed E-state index contributed by atoms with van der Waals surface area (Å²) in [7, 11) is 1.50. The van der Waals surface area contributed by atoms with E-state index in [1.807, 2.05) is 0 Å². The van der Waals surface area contributed by atoms with Gasteiger partial charge in [0, 0.05) is 11.6 Å². The maximum Gasteiger partial charge on any atom is 0.282 e. The molecular formula is C16H13BrN4O5S. The van der Waals surface area contributed by atoms with Crippen LogP contribution in [0.25, 0.3) is 0 Å². The zero-order valence-electron chi connectivity index (χ0n) is 13.8. The third-order valence-electron chi connectivity index (χ3n) is 3.28. The zero-order valence-corrected chi connectivity index (χ0v) is 16.2. The number of amides is 2. The number of para-hydroxylation sites is 1. The predicted octanol–water partition coefficient (Wildman–Crippen LogP) is 2.32. The van der Waals surface area contributed by atoms with Gasteiger partial charge in [0.2, 0.25) is 0 Å². The Morgan fingerprint density at radius 3 is 2.48 bits per heavy atom. The molecule has 11 heteroatoms. The average Bonchev–Trinajstić information content (AvgIpc) is 2.65. The fourth-order valence-corrected chi connectivity index (χ4v) is 2.70. The van der Waals surface area contributed by atoms with E-state index < -0.39 is 16.7 Å². The largest absolute Gasteiger partial charge is 0.496 e. The second-order valence-corrected chi connectivity index (χ2v) is 6.25. The normalized spacial score (nSPS) is 9.85. The number of hydrogen-bond donors (Lipinski definition) is 3. The number of benzene rings is 2. The first-order chi connectivity index (χ1) is 12.8. The van der Waals surface area contributed by atoms with E-state index in [1.165, 1.54) is 37.4 Å². The summed E-state index contributed by atoms with van der Waals surface area (Å²) in [4.78, 5) is 34.5. The van der Waals surface area contributed by atoms with Crippen molar-refractivity contribution in [1.82, 2.24) is 16.2 Å². The summed E-state index contributed by atoms with van der Waals surface area (Å²) < 4.78 is 5.67. The van der Waals surface area contributed by atoms with Crippen LogP contribution in [0.4, 0.5) is 5.69 Å².